The lowest BCUT2D eigenvalue weighted by Crippen LogP contribution is -2.14. The summed E-state index contributed by atoms with van der Waals surface area (Å²) in [6, 6.07) is 14.1. The smallest absolute Gasteiger partial charge is 0.161 e. The maximum atomic E-state index is 10.4. The quantitative estimate of drug-likeness (QED) is 0.911. The lowest BCUT2D eigenvalue weighted by Gasteiger charge is -2.25. The van der Waals surface area contributed by atoms with Crippen molar-refractivity contribution in [3.8, 4) is 11.5 Å². The van der Waals surface area contributed by atoms with Crippen LogP contribution in [0.25, 0.3) is 5.57 Å². The number of fused-ring (bicyclic) bond motifs is 1. The molecule has 2 aromatic rings. The highest BCUT2D eigenvalue weighted by molar-refractivity contribution is 5.85. The number of hydrogen-bond acceptors (Lipinski definition) is 3. The zero-order valence-corrected chi connectivity index (χ0v) is 13.3. The van der Waals surface area contributed by atoms with E-state index >= 15 is 0 Å². The monoisotopic (exact) mass is 317 g/mol. The first-order valence-electron chi connectivity index (χ1n) is 7.09. The number of halogens is 1. The summed E-state index contributed by atoms with van der Waals surface area (Å²) in [5.41, 5.74) is 10.2. The second-order valence-corrected chi connectivity index (χ2v) is 5.26. The van der Waals surface area contributed by atoms with Crippen molar-refractivity contribution in [1.29, 1.82) is 0 Å². The lowest BCUT2D eigenvalue weighted by molar-refractivity contribution is 0.370. The van der Waals surface area contributed by atoms with E-state index in [1.165, 1.54) is 5.56 Å². The molecule has 22 heavy (non-hydrogen) atoms. The molecule has 4 heteroatoms. The normalized spacial score (nSPS) is 16.3. The zero-order valence-electron chi connectivity index (χ0n) is 12.5. The number of ether oxygens (including phenoxy) is 1. The van der Waals surface area contributed by atoms with Crippen LogP contribution in [-0.2, 0) is 6.42 Å². The number of methoxy groups -OCH3 is 1. The van der Waals surface area contributed by atoms with Gasteiger partial charge < -0.3 is 15.6 Å². The average Bonchev–Trinajstić information content (AvgIpc) is 2.55. The maximum Gasteiger partial charge on any atom is 0.161 e. The molecule has 3 rings (SSSR count). The molecule has 3 N–H and O–H groups in total. The van der Waals surface area contributed by atoms with E-state index in [0.717, 1.165) is 23.1 Å². The number of nitrogens with two attached hydrogens (primary N) is 1. The van der Waals surface area contributed by atoms with E-state index in [0.29, 0.717) is 12.3 Å². The molecule has 116 valence electrons. The van der Waals surface area contributed by atoms with Crippen molar-refractivity contribution in [1.82, 2.24) is 0 Å². The molecule has 0 amide bonds. The summed E-state index contributed by atoms with van der Waals surface area (Å²) in [7, 11) is 1.57. The number of rotatable bonds is 3. The number of hydrogen-bond donors (Lipinski definition) is 2. The van der Waals surface area contributed by atoms with Crippen molar-refractivity contribution in [2.45, 2.75) is 12.3 Å². The van der Waals surface area contributed by atoms with Gasteiger partial charge in [-0.2, -0.15) is 0 Å². The van der Waals surface area contributed by atoms with Crippen LogP contribution >= 0.6 is 12.4 Å². The van der Waals surface area contributed by atoms with Gasteiger partial charge in [-0.05, 0) is 29.2 Å². The van der Waals surface area contributed by atoms with Gasteiger partial charge in [-0.3, -0.25) is 0 Å². The van der Waals surface area contributed by atoms with E-state index in [9.17, 15) is 5.11 Å². The minimum Gasteiger partial charge on any atom is -0.504 e. The average molecular weight is 318 g/mol. The summed E-state index contributed by atoms with van der Waals surface area (Å²) in [4.78, 5) is 0. The number of benzene rings is 2. The lowest BCUT2D eigenvalue weighted by atomic mass is 9.80. The fraction of sp³-hybridized carbons (Fsp3) is 0.222. The predicted molar refractivity (Wildman–Crippen MR) is 91.8 cm³/mol. The van der Waals surface area contributed by atoms with Gasteiger partial charge in [0, 0.05) is 18.0 Å². The van der Waals surface area contributed by atoms with Crippen LogP contribution in [0.15, 0.2) is 48.5 Å². The van der Waals surface area contributed by atoms with Gasteiger partial charge >= 0.3 is 0 Å². The first-order valence-corrected chi connectivity index (χ1v) is 7.09. The second kappa shape index (κ2) is 6.86. The Morgan fingerprint density at radius 3 is 2.55 bits per heavy atom. The number of aromatic hydroxyl groups is 1. The summed E-state index contributed by atoms with van der Waals surface area (Å²) in [6.45, 7) is 0.460. The SMILES string of the molecule is COc1ccc2c(c1O)CC(c1ccccc1)C=C2CN.Cl. The number of phenolic OH excluding ortho intramolecular Hbond substituents is 1. The van der Waals surface area contributed by atoms with Crippen molar-refractivity contribution >= 4 is 18.0 Å². The molecular weight excluding hydrogens is 298 g/mol. The highest BCUT2D eigenvalue weighted by atomic mass is 35.5. The Labute approximate surface area is 136 Å². The summed E-state index contributed by atoms with van der Waals surface area (Å²) >= 11 is 0. The fourth-order valence-electron chi connectivity index (χ4n) is 2.99. The zero-order chi connectivity index (χ0) is 14.8. The molecule has 0 heterocycles. The highest BCUT2D eigenvalue weighted by Crippen LogP contribution is 2.42. The van der Waals surface area contributed by atoms with Crippen LogP contribution in [0.1, 0.15) is 22.6 Å². The molecule has 0 aromatic heterocycles. The van der Waals surface area contributed by atoms with Crippen LogP contribution in [-0.4, -0.2) is 18.8 Å². The Morgan fingerprint density at radius 1 is 1.18 bits per heavy atom. The first-order chi connectivity index (χ1) is 10.2. The standard InChI is InChI=1S/C18H19NO2.ClH/c1-21-17-8-7-15-14(11-19)9-13(10-16(15)18(17)20)12-5-3-2-4-6-12;/h2-9,13,20H,10-11,19H2,1H3;1H. The molecule has 0 spiro atoms. The molecule has 0 saturated carbocycles. The second-order valence-electron chi connectivity index (χ2n) is 5.26. The predicted octanol–water partition coefficient (Wildman–Crippen LogP) is 3.50. The van der Waals surface area contributed by atoms with Crippen molar-refractivity contribution in [3.63, 3.8) is 0 Å². The largest absolute Gasteiger partial charge is 0.504 e. The number of allylic oxidation sites excluding steroid dienone is 1. The third-order valence-corrected chi connectivity index (χ3v) is 4.09. The van der Waals surface area contributed by atoms with E-state index in [1.54, 1.807) is 13.2 Å². The molecule has 0 saturated heterocycles. The van der Waals surface area contributed by atoms with E-state index in [2.05, 4.69) is 18.2 Å². The molecule has 1 atom stereocenters. The van der Waals surface area contributed by atoms with Crippen molar-refractivity contribution in [2.24, 2.45) is 5.73 Å². The highest BCUT2D eigenvalue weighted by Gasteiger charge is 2.24. The summed E-state index contributed by atoms with van der Waals surface area (Å²) in [5.74, 6) is 0.976. The fourth-order valence-corrected chi connectivity index (χ4v) is 2.99. The van der Waals surface area contributed by atoms with Crippen LogP contribution in [0, 0.1) is 0 Å². The molecule has 0 bridgehead atoms. The third-order valence-electron chi connectivity index (χ3n) is 4.09. The molecule has 0 radical (unpaired) electrons. The van der Waals surface area contributed by atoms with Crippen molar-refractivity contribution < 1.29 is 9.84 Å². The van der Waals surface area contributed by atoms with Crippen LogP contribution in [0.3, 0.4) is 0 Å². The van der Waals surface area contributed by atoms with Crippen molar-refractivity contribution in [2.75, 3.05) is 13.7 Å². The van der Waals surface area contributed by atoms with Gasteiger partial charge in [0.15, 0.2) is 11.5 Å². The van der Waals surface area contributed by atoms with Gasteiger partial charge in [-0.25, -0.2) is 0 Å². The summed E-state index contributed by atoms with van der Waals surface area (Å²) in [6.07, 6.45) is 2.97. The maximum absolute atomic E-state index is 10.4. The van der Waals surface area contributed by atoms with Crippen LogP contribution in [0.2, 0.25) is 0 Å². The molecule has 1 aliphatic carbocycles. The molecule has 0 fully saturated rings. The van der Waals surface area contributed by atoms with E-state index in [1.807, 2.05) is 24.3 Å². The molecule has 2 aromatic carbocycles. The Hall–Kier alpha value is -1.97. The molecule has 1 unspecified atom stereocenters. The molecular formula is C18H20ClNO2. The van der Waals surface area contributed by atoms with E-state index in [-0.39, 0.29) is 24.1 Å². The molecule has 1 aliphatic rings. The summed E-state index contributed by atoms with van der Waals surface area (Å²) < 4.78 is 5.22. The Morgan fingerprint density at radius 2 is 1.91 bits per heavy atom. The van der Waals surface area contributed by atoms with Crippen molar-refractivity contribution in [3.05, 3.63) is 65.2 Å². The molecule has 0 aliphatic heterocycles. The van der Waals surface area contributed by atoms with E-state index < -0.39 is 0 Å². The Bertz CT molecular complexity index is 683. The third kappa shape index (κ3) is 2.82. The number of phenols is 1. The van der Waals surface area contributed by atoms with Crippen LogP contribution in [0.5, 0.6) is 11.5 Å². The van der Waals surface area contributed by atoms with Gasteiger partial charge in [-0.15, -0.1) is 12.4 Å². The molecule has 3 nitrogen and oxygen atoms in total. The summed E-state index contributed by atoms with van der Waals surface area (Å²) in [5, 5.41) is 10.4. The van der Waals surface area contributed by atoms with Gasteiger partial charge in [0.05, 0.1) is 7.11 Å². The van der Waals surface area contributed by atoms with Crippen LogP contribution in [0.4, 0.5) is 0 Å². The van der Waals surface area contributed by atoms with E-state index in [4.69, 9.17) is 10.5 Å². The Kier molecular flexibility index (Phi) is 5.11. The van der Waals surface area contributed by atoms with Crippen LogP contribution < -0.4 is 10.5 Å². The van der Waals surface area contributed by atoms with Gasteiger partial charge in [0.1, 0.15) is 0 Å². The van der Waals surface area contributed by atoms with Gasteiger partial charge in [0.25, 0.3) is 0 Å². The van der Waals surface area contributed by atoms with Gasteiger partial charge in [0.2, 0.25) is 0 Å². The minimum atomic E-state index is 0. The minimum absolute atomic E-state index is 0. The first kappa shape index (κ1) is 16.4. The Balaban J connectivity index is 0.00000176. The topological polar surface area (TPSA) is 55.5 Å². The van der Waals surface area contributed by atoms with Gasteiger partial charge in [-0.1, -0.05) is 42.5 Å².